The Labute approximate surface area is 117 Å². The highest BCUT2D eigenvalue weighted by Gasteiger charge is 2.34. The van der Waals surface area contributed by atoms with E-state index in [1.54, 1.807) is 7.05 Å². The van der Waals surface area contributed by atoms with Crippen LogP contribution in [0.5, 0.6) is 0 Å². The minimum absolute atomic E-state index is 0.0572. The molecule has 0 aromatic carbocycles. The number of rotatable bonds is 2. The molecule has 108 valence electrons. The van der Waals surface area contributed by atoms with Crippen LogP contribution >= 0.6 is 0 Å². The molecule has 0 radical (unpaired) electrons. The lowest BCUT2D eigenvalue weighted by atomic mass is 10.1. The molecule has 2 heterocycles. The molecule has 1 aliphatic heterocycles. The second-order valence-electron chi connectivity index (χ2n) is 5.41. The Bertz CT molecular complexity index is 680. The van der Waals surface area contributed by atoms with E-state index in [1.807, 2.05) is 6.07 Å². The molecule has 1 aromatic rings. The zero-order valence-electron chi connectivity index (χ0n) is 12.4. The number of anilines is 1. The average Bonchev–Trinajstić information content (AvgIpc) is 2.81. The smallest absolute Gasteiger partial charge is 0.332 e. The Morgan fingerprint density at radius 1 is 1.25 bits per heavy atom. The quantitative estimate of drug-likeness (QED) is 0.798. The summed E-state index contributed by atoms with van der Waals surface area (Å²) in [4.78, 5) is 26.3. The van der Waals surface area contributed by atoms with Gasteiger partial charge in [0, 0.05) is 26.2 Å². The van der Waals surface area contributed by atoms with E-state index in [-0.39, 0.29) is 17.6 Å². The van der Waals surface area contributed by atoms with Gasteiger partial charge < -0.3 is 4.90 Å². The summed E-state index contributed by atoms with van der Waals surface area (Å²) < 4.78 is 2.41. The van der Waals surface area contributed by atoms with Crippen molar-refractivity contribution >= 4 is 5.82 Å². The first-order valence-electron chi connectivity index (χ1n) is 6.92. The first kappa shape index (κ1) is 14.4. The molecule has 6 heteroatoms. The minimum atomic E-state index is -0.514. The SMILES string of the molecule is CC[C@H]1CC[C@@H](C)N1c1c(C#N)c(=O)n(C)c(=O)n1C. The molecular weight excluding hydrogens is 256 g/mol. The standard InChI is InChI=1S/C14H20N4O2/c1-5-10-7-6-9(2)18(10)12-11(8-15)13(19)17(4)14(20)16(12)3/h9-10H,5-7H2,1-4H3/t9-,10+/m1/s1. The van der Waals surface area contributed by atoms with Gasteiger partial charge in [-0.2, -0.15) is 5.26 Å². The summed E-state index contributed by atoms with van der Waals surface area (Å²) in [5.74, 6) is 0.470. The van der Waals surface area contributed by atoms with E-state index >= 15 is 0 Å². The number of nitrogens with zero attached hydrogens (tertiary/aromatic N) is 4. The molecule has 0 spiro atoms. The first-order valence-corrected chi connectivity index (χ1v) is 6.92. The van der Waals surface area contributed by atoms with Crippen molar-refractivity contribution in [2.45, 2.75) is 45.2 Å². The fourth-order valence-electron chi connectivity index (χ4n) is 3.09. The molecule has 2 rings (SSSR count). The van der Waals surface area contributed by atoms with Crippen LogP contribution in [0.15, 0.2) is 9.59 Å². The lowest BCUT2D eigenvalue weighted by Crippen LogP contribution is -2.45. The highest BCUT2D eigenvalue weighted by Crippen LogP contribution is 2.32. The normalized spacial score (nSPS) is 22.1. The summed E-state index contributed by atoms with van der Waals surface area (Å²) in [5.41, 5.74) is -0.848. The fourth-order valence-corrected chi connectivity index (χ4v) is 3.09. The van der Waals surface area contributed by atoms with Gasteiger partial charge in [0.25, 0.3) is 5.56 Å². The fraction of sp³-hybridized carbons (Fsp3) is 0.643. The van der Waals surface area contributed by atoms with Gasteiger partial charge in [0.2, 0.25) is 0 Å². The highest BCUT2D eigenvalue weighted by molar-refractivity contribution is 5.55. The van der Waals surface area contributed by atoms with Gasteiger partial charge in [0.05, 0.1) is 0 Å². The van der Waals surface area contributed by atoms with Crippen LogP contribution in [0.3, 0.4) is 0 Å². The van der Waals surface area contributed by atoms with Gasteiger partial charge in [-0.05, 0) is 26.2 Å². The molecule has 1 fully saturated rings. The molecular formula is C14H20N4O2. The monoisotopic (exact) mass is 276 g/mol. The van der Waals surface area contributed by atoms with Gasteiger partial charge in [0.15, 0.2) is 5.56 Å². The van der Waals surface area contributed by atoms with E-state index < -0.39 is 11.2 Å². The van der Waals surface area contributed by atoms with Crippen molar-refractivity contribution in [1.82, 2.24) is 9.13 Å². The van der Waals surface area contributed by atoms with Crippen LogP contribution in [-0.4, -0.2) is 21.2 Å². The maximum absolute atomic E-state index is 12.2. The maximum atomic E-state index is 12.2. The van der Waals surface area contributed by atoms with Crippen LogP contribution in [0.4, 0.5) is 5.82 Å². The molecule has 0 bridgehead atoms. The Morgan fingerprint density at radius 2 is 1.90 bits per heavy atom. The zero-order chi connectivity index (χ0) is 15.0. The summed E-state index contributed by atoms with van der Waals surface area (Å²) in [5, 5.41) is 9.34. The Morgan fingerprint density at radius 3 is 2.45 bits per heavy atom. The van der Waals surface area contributed by atoms with Gasteiger partial charge in [-0.3, -0.25) is 13.9 Å². The van der Waals surface area contributed by atoms with E-state index in [9.17, 15) is 14.9 Å². The van der Waals surface area contributed by atoms with E-state index in [2.05, 4.69) is 18.7 Å². The van der Waals surface area contributed by atoms with E-state index in [1.165, 1.54) is 11.6 Å². The minimum Gasteiger partial charge on any atom is -0.351 e. The third kappa shape index (κ3) is 1.94. The summed E-state index contributed by atoms with van der Waals surface area (Å²) in [6.45, 7) is 4.15. The molecule has 0 aliphatic carbocycles. The van der Waals surface area contributed by atoms with E-state index in [4.69, 9.17) is 0 Å². The summed E-state index contributed by atoms with van der Waals surface area (Å²) in [7, 11) is 3.02. The summed E-state index contributed by atoms with van der Waals surface area (Å²) in [6.07, 6.45) is 2.96. The lowest BCUT2D eigenvalue weighted by molar-refractivity contribution is 0.585. The Kier molecular flexibility index (Phi) is 3.71. The molecule has 2 atom stereocenters. The number of nitriles is 1. The molecule has 0 amide bonds. The molecule has 0 N–H and O–H groups in total. The molecule has 1 saturated heterocycles. The predicted molar refractivity (Wildman–Crippen MR) is 76.9 cm³/mol. The molecule has 6 nitrogen and oxygen atoms in total. The van der Waals surface area contributed by atoms with E-state index in [0.717, 1.165) is 23.8 Å². The third-order valence-corrected chi connectivity index (χ3v) is 4.25. The lowest BCUT2D eigenvalue weighted by Gasteiger charge is -2.32. The van der Waals surface area contributed by atoms with Crippen molar-refractivity contribution in [3.63, 3.8) is 0 Å². The van der Waals surface area contributed by atoms with Crippen LogP contribution in [0.25, 0.3) is 0 Å². The summed E-state index contributed by atoms with van der Waals surface area (Å²) >= 11 is 0. The number of aromatic nitrogens is 2. The van der Waals surface area contributed by atoms with Gasteiger partial charge >= 0.3 is 5.69 Å². The van der Waals surface area contributed by atoms with Crippen LogP contribution < -0.4 is 16.1 Å². The largest absolute Gasteiger partial charge is 0.351 e. The third-order valence-electron chi connectivity index (χ3n) is 4.25. The molecule has 0 unspecified atom stereocenters. The van der Waals surface area contributed by atoms with E-state index in [0.29, 0.717) is 5.82 Å². The predicted octanol–water partition coefficient (Wildman–Crippen LogP) is 0.723. The van der Waals surface area contributed by atoms with Gasteiger partial charge in [-0.15, -0.1) is 0 Å². The van der Waals surface area contributed by atoms with Crippen molar-refractivity contribution in [2.24, 2.45) is 14.1 Å². The Balaban J connectivity index is 2.78. The zero-order valence-corrected chi connectivity index (χ0v) is 12.4. The van der Waals surface area contributed by atoms with Crippen molar-refractivity contribution in [1.29, 1.82) is 5.26 Å². The van der Waals surface area contributed by atoms with Crippen LogP contribution in [-0.2, 0) is 14.1 Å². The highest BCUT2D eigenvalue weighted by atomic mass is 16.2. The second kappa shape index (κ2) is 5.16. The molecule has 0 saturated carbocycles. The second-order valence-corrected chi connectivity index (χ2v) is 5.41. The van der Waals surface area contributed by atoms with Gasteiger partial charge in [-0.1, -0.05) is 6.92 Å². The van der Waals surface area contributed by atoms with Gasteiger partial charge in [0.1, 0.15) is 11.9 Å². The first-order chi connectivity index (χ1) is 9.43. The van der Waals surface area contributed by atoms with Crippen LogP contribution in [0.1, 0.15) is 38.7 Å². The van der Waals surface area contributed by atoms with Crippen molar-refractivity contribution in [2.75, 3.05) is 4.90 Å². The molecule has 1 aliphatic rings. The van der Waals surface area contributed by atoms with Crippen molar-refractivity contribution < 1.29 is 0 Å². The maximum Gasteiger partial charge on any atom is 0.332 e. The summed E-state index contributed by atoms with van der Waals surface area (Å²) in [6, 6.07) is 2.48. The van der Waals surface area contributed by atoms with Crippen LogP contribution in [0, 0.1) is 11.3 Å². The van der Waals surface area contributed by atoms with Crippen molar-refractivity contribution in [3.8, 4) is 6.07 Å². The number of hydrogen-bond donors (Lipinski definition) is 0. The topological polar surface area (TPSA) is 71.0 Å². The molecule has 1 aromatic heterocycles. The van der Waals surface area contributed by atoms with Gasteiger partial charge in [-0.25, -0.2) is 4.79 Å². The average molecular weight is 276 g/mol. The van der Waals surface area contributed by atoms with Crippen LogP contribution in [0.2, 0.25) is 0 Å². The van der Waals surface area contributed by atoms with Crippen molar-refractivity contribution in [3.05, 3.63) is 26.4 Å². The number of hydrogen-bond acceptors (Lipinski definition) is 4. The Hall–Kier alpha value is -2.03. The molecule has 20 heavy (non-hydrogen) atoms.